The molecule has 2 nitrogen and oxygen atoms in total. The summed E-state index contributed by atoms with van der Waals surface area (Å²) in [6.07, 6.45) is 2.48. The van der Waals surface area contributed by atoms with Gasteiger partial charge in [-0.2, -0.15) is 0 Å². The minimum atomic E-state index is -1.58. The third kappa shape index (κ3) is 2.78. The summed E-state index contributed by atoms with van der Waals surface area (Å²) in [7, 11) is -1.58. The predicted octanol–water partition coefficient (Wildman–Crippen LogP) is 2.59. The maximum Gasteiger partial charge on any atom is 0.139 e. The molecule has 1 aromatic rings. The fraction of sp³-hybridized carbons (Fsp3) is 0.538. The summed E-state index contributed by atoms with van der Waals surface area (Å²) in [5.74, 6) is -0.771. The lowest BCUT2D eigenvalue weighted by molar-refractivity contribution is 0.352. The van der Waals surface area contributed by atoms with E-state index in [1.165, 1.54) is 0 Å². The van der Waals surface area contributed by atoms with Gasteiger partial charge in [-0.1, -0.05) is 6.92 Å². The fourth-order valence-corrected chi connectivity index (χ4v) is 4.16. The third-order valence-electron chi connectivity index (χ3n) is 3.49. The van der Waals surface area contributed by atoms with Gasteiger partial charge in [-0.3, -0.25) is 4.21 Å². The van der Waals surface area contributed by atoms with E-state index in [9.17, 15) is 13.0 Å². The molecule has 0 bridgehead atoms. The van der Waals surface area contributed by atoms with Crippen LogP contribution in [0.1, 0.15) is 26.2 Å². The number of hydrogen-bond acceptors (Lipinski definition) is 2. The van der Waals surface area contributed by atoms with Crippen LogP contribution in [0.3, 0.4) is 0 Å². The van der Waals surface area contributed by atoms with Crippen molar-refractivity contribution in [2.24, 2.45) is 11.7 Å². The van der Waals surface area contributed by atoms with Gasteiger partial charge in [0.1, 0.15) is 11.6 Å². The maximum atomic E-state index is 13.6. The molecular weight excluding hydrogens is 256 g/mol. The largest absolute Gasteiger partial charge is 0.327 e. The zero-order valence-corrected chi connectivity index (χ0v) is 11.1. The Kier molecular flexibility index (Phi) is 4.12. The maximum absolute atomic E-state index is 13.6. The molecule has 4 atom stereocenters. The molecule has 1 saturated carbocycles. The number of nitrogens with two attached hydrogens (primary N) is 1. The lowest BCUT2D eigenvalue weighted by atomic mass is 9.87. The third-order valence-corrected chi connectivity index (χ3v) is 5.33. The second kappa shape index (κ2) is 5.45. The zero-order valence-electron chi connectivity index (χ0n) is 10.2. The molecule has 1 aliphatic rings. The Balaban J connectivity index is 2.27. The Bertz CT molecular complexity index is 466. The van der Waals surface area contributed by atoms with Gasteiger partial charge in [0, 0.05) is 6.04 Å². The lowest BCUT2D eigenvalue weighted by Gasteiger charge is -2.31. The summed E-state index contributed by atoms with van der Waals surface area (Å²) in [5.41, 5.74) is 5.96. The van der Waals surface area contributed by atoms with E-state index in [1.807, 2.05) is 0 Å². The molecule has 0 spiro atoms. The van der Waals surface area contributed by atoms with Crippen LogP contribution in [-0.4, -0.2) is 15.5 Å². The van der Waals surface area contributed by atoms with Crippen LogP contribution in [0.4, 0.5) is 8.78 Å². The number of benzene rings is 1. The van der Waals surface area contributed by atoms with Crippen molar-refractivity contribution in [2.45, 2.75) is 42.4 Å². The average Bonchev–Trinajstić information content (AvgIpc) is 2.34. The van der Waals surface area contributed by atoms with E-state index in [4.69, 9.17) is 5.73 Å². The highest BCUT2D eigenvalue weighted by atomic mass is 32.2. The number of halogens is 2. The molecule has 0 amide bonds. The van der Waals surface area contributed by atoms with E-state index in [2.05, 4.69) is 6.92 Å². The highest BCUT2D eigenvalue weighted by molar-refractivity contribution is 7.85. The lowest BCUT2D eigenvalue weighted by Crippen LogP contribution is -2.42. The molecule has 0 heterocycles. The summed E-state index contributed by atoms with van der Waals surface area (Å²) >= 11 is 0. The van der Waals surface area contributed by atoms with E-state index >= 15 is 0 Å². The van der Waals surface area contributed by atoms with Gasteiger partial charge in [-0.25, -0.2) is 8.78 Å². The van der Waals surface area contributed by atoms with Gasteiger partial charge in [-0.05, 0) is 43.4 Å². The van der Waals surface area contributed by atoms with Gasteiger partial charge in [0.15, 0.2) is 0 Å². The Hall–Kier alpha value is -0.810. The normalized spacial score (nSPS) is 30.1. The minimum absolute atomic E-state index is 0.0652. The van der Waals surface area contributed by atoms with Crippen LogP contribution in [0.25, 0.3) is 0 Å². The van der Waals surface area contributed by atoms with Crippen LogP contribution in [-0.2, 0) is 10.8 Å². The second-order valence-electron chi connectivity index (χ2n) is 4.99. The SMILES string of the molecule is CC1CCC(N)C(S(=O)c2cc(F)ccc2F)C1. The molecule has 4 unspecified atom stereocenters. The monoisotopic (exact) mass is 273 g/mol. The molecule has 1 fully saturated rings. The summed E-state index contributed by atoms with van der Waals surface area (Å²) < 4.78 is 39.1. The van der Waals surface area contributed by atoms with Crippen molar-refractivity contribution in [3.05, 3.63) is 29.8 Å². The smallest absolute Gasteiger partial charge is 0.139 e. The first-order valence-corrected chi connectivity index (χ1v) is 7.31. The molecule has 1 aliphatic carbocycles. The van der Waals surface area contributed by atoms with E-state index in [0.717, 1.165) is 31.0 Å². The highest BCUT2D eigenvalue weighted by Crippen LogP contribution is 2.30. The van der Waals surface area contributed by atoms with Gasteiger partial charge in [0.2, 0.25) is 0 Å². The first-order valence-electron chi connectivity index (χ1n) is 6.10. The molecule has 2 rings (SSSR count). The topological polar surface area (TPSA) is 43.1 Å². The van der Waals surface area contributed by atoms with E-state index in [0.29, 0.717) is 12.3 Å². The summed E-state index contributed by atoms with van der Waals surface area (Å²) in [4.78, 5) is -0.0652. The van der Waals surface area contributed by atoms with Gasteiger partial charge in [0.05, 0.1) is 20.9 Å². The van der Waals surface area contributed by atoms with E-state index in [-0.39, 0.29) is 16.2 Å². The van der Waals surface area contributed by atoms with Gasteiger partial charge >= 0.3 is 0 Å². The summed E-state index contributed by atoms with van der Waals surface area (Å²) in [5, 5.41) is -0.287. The first-order chi connectivity index (χ1) is 8.49. The van der Waals surface area contributed by atoms with Crippen molar-refractivity contribution in [2.75, 3.05) is 0 Å². The molecule has 0 aliphatic heterocycles. The molecular formula is C13H17F2NOS. The molecule has 0 saturated heterocycles. The summed E-state index contributed by atoms with van der Waals surface area (Å²) in [6.45, 7) is 2.07. The zero-order chi connectivity index (χ0) is 13.3. The second-order valence-corrected chi connectivity index (χ2v) is 6.63. The average molecular weight is 273 g/mol. The Morgan fingerprint density at radius 3 is 2.78 bits per heavy atom. The van der Waals surface area contributed by atoms with Gasteiger partial charge < -0.3 is 5.73 Å². The van der Waals surface area contributed by atoms with Gasteiger partial charge in [-0.15, -0.1) is 0 Å². The van der Waals surface area contributed by atoms with Crippen molar-refractivity contribution in [1.29, 1.82) is 0 Å². The van der Waals surface area contributed by atoms with E-state index < -0.39 is 22.4 Å². The molecule has 100 valence electrons. The van der Waals surface area contributed by atoms with Crippen molar-refractivity contribution >= 4 is 10.8 Å². The standard InChI is InChI=1S/C13H17F2NOS/c1-8-2-5-11(16)13(6-8)18(17)12-7-9(14)3-4-10(12)15/h3-4,7-8,11,13H,2,5-6,16H2,1H3. The predicted molar refractivity (Wildman–Crippen MR) is 67.5 cm³/mol. The number of rotatable bonds is 2. The molecule has 2 N–H and O–H groups in total. The van der Waals surface area contributed by atoms with Crippen molar-refractivity contribution < 1.29 is 13.0 Å². The van der Waals surface area contributed by atoms with Crippen molar-refractivity contribution in [3.8, 4) is 0 Å². The molecule has 0 aromatic heterocycles. The van der Waals surface area contributed by atoms with Crippen molar-refractivity contribution in [3.63, 3.8) is 0 Å². The highest BCUT2D eigenvalue weighted by Gasteiger charge is 2.32. The summed E-state index contributed by atoms with van der Waals surface area (Å²) in [6, 6.07) is 2.85. The quantitative estimate of drug-likeness (QED) is 0.900. The van der Waals surface area contributed by atoms with Crippen LogP contribution in [0.5, 0.6) is 0 Å². The van der Waals surface area contributed by atoms with Crippen molar-refractivity contribution in [1.82, 2.24) is 0 Å². The molecule has 5 heteroatoms. The van der Waals surface area contributed by atoms with Crippen LogP contribution >= 0.6 is 0 Å². The van der Waals surface area contributed by atoms with Crippen LogP contribution in [0.2, 0.25) is 0 Å². The Labute approximate surface area is 108 Å². The molecule has 1 aromatic carbocycles. The number of hydrogen-bond donors (Lipinski definition) is 1. The Morgan fingerprint density at radius 2 is 2.06 bits per heavy atom. The first kappa shape index (κ1) is 13.6. The van der Waals surface area contributed by atoms with E-state index in [1.54, 1.807) is 0 Å². The molecule has 18 heavy (non-hydrogen) atoms. The van der Waals surface area contributed by atoms with Crippen LogP contribution < -0.4 is 5.73 Å². The Morgan fingerprint density at radius 1 is 1.33 bits per heavy atom. The molecule has 0 radical (unpaired) electrons. The van der Waals surface area contributed by atoms with Crippen LogP contribution in [0, 0.1) is 17.6 Å². The van der Waals surface area contributed by atoms with Crippen LogP contribution in [0.15, 0.2) is 23.1 Å². The van der Waals surface area contributed by atoms with Gasteiger partial charge in [0.25, 0.3) is 0 Å². The fourth-order valence-electron chi connectivity index (χ4n) is 2.39. The minimum Gasteiger partial charge on any atom is -0.327 e.